The number of nitrogens with zero attached hydrogens (tertiary/aromatic N) is 4. The van der Waals surface area contributed by atoms with Crippen molar-refractivity contribution in [3.63, 3.8) is 0 Å². The standard InChI is InChI=1S/C22H26N4O3/c27-21(26-12-14-29-15-13-26)19-6-7-23-20(16-19)22(28)25-10-8-24(9-11-25)17-18-4-2-1-3-5-18/h1-7,16H,8-15,17H2. The predicted octanol–water partition coefficient (Wildman–Crippen LogP) is 1.51. The van der Waals surface area contributed by atoms with Crippen molar-refractivity contribution >= 4 is 11.8 Å². The Balaban J connectivity index is 1.35. The van der Waals surface area contributed by atoms with E-state index in [0.717, 1.165) is 19.6 Å². The summed E-state index contributed by atoms with van der Waals surface area (Å²) in [5.74, 6) is -0.182. The molecule has 0 saturated carbocycles. The maximum atomic E-state index is 12.9. The third-order valence-corrected chi connectivity index (χ3v) is 5.43. The molecule has 2 aliphatic rings. The molecule has 4 rings (SSSR count). The Morgan fingerprint density at radius 1 is 0.862 bits per heavy atom. The van der Waals surface area contributed by atoms with Gasteiger partial charge in [0, 0.05) is 57.6 Å². The normalized spacial score (nSPS) is 17.9. The van der Waals surface area contributed by atoms with Gasteiger partial charge in [-0.2, -0.15) is 0 Å². The van der Waals surface area contributed by atoms with Crippen molar-refractivity contribution in [3.05, 3.63) is 65.5 Å². The van der Waals surface area contributed by atoms with Gasteiger partial charge >= 0.3 is 0 Å². The molecule has 0 spiro atoms. The second-order valence-corrected chi connectivity index (χ2v) is 7.39. The lowest BCUT2D eigenvalue weighted by molar-refractivity contribution is 0.0302. The minimum Gasteiger partial charge on any atom is -0.378 e. The number of benzene rings is 1. The molecule has 1 aromatic carbocycles. The molecule has 152 valence electrons. The number of morpholine rings is 1. The van der Waals surface area contributed by atoms with Crippen molar-refractivity contribution in [3.8, 4) is 0 Å². The molecule has 2 fully saturated rings. The number of carbonyl (C=O) groups excluding carboxylic acids is 2. The van der Waals surface area contributed by atoms with Gasteiger partial charge < -0.3 is 14.5 Å². The van der Waals surface area contributed by atoms with E-state index >= 15 is 0 Å². The highest BCUT2D eigenvalue weighted by Gasteiger charge is 2.25. The largest absolute Gasteiger partial charge is 0.378 e. The first kappa shape index (κ1) is 19.5. The zero-order valence-corrected chi connectivity index (χ0v) is 16.5. The van der Waals surface area contributed by atoms with Crippen molar-refractivity contribution in [2.24, 2.45) is 0 Å². The fourth-order valence-electron chi connectivity index (χ4n) is 3.74. The third kappa shape index (κ3) is 4.81. The lowest BCUT2D eigenvalue weighted by atomic mass is 10.1. The van der Waals surface area contributed by atoms with Crippen molar-refractivity contribution < 1.29 is 14.3 Å². The monoisotopic (exact) mass is 394 g/mol. The third-order valence-electron chi connectivity index (χ3n) is 5.43. The van der Waals surface area contributed by atoms with Crippen LogP contribution in [0.2, 0.25) is 0 Å². The molecule has 29 heavy (non-hydrogen) atoms. The molecule has 0 atom stereocenters. The van der Waals surface area contributed by atoms with Crippen LogP contribution >= 0.6 is 0 Å². The summed E-state index contributed by atoms with van der Waals surface area (Å²) < 4.78 is 5.30. The van der Waals surface area contributed by atoms with Crippen LogP contribution in [0.3, 0.4) is 0 Å². The van der Waals surface area contributed by atoms with Gasteiger partial charge in [0.05, 0.1) is 13.2 Å². The average Bonchev–Trinajstić information content (AvgIpc) is 2.80. The van der Waals surface area contributed by atoms with Gasteiger partial charge in [-0.25, -0.2) is 0 Å². The summed E-state index contributed by atoms with van der Waals surface area (Å²) in [4.78, 5) is 35.8. The molecule has 2 saturated heterocycles. The zero-order chi connectivity index (χ0) is 20.1. The highest BCUT2D eigenvalue weighted by Crippen LogP contribution is 2.13. The van der Waals surface area contributed by atoms with E-state index in [-0.39, 0.29) is 11.8 Å². The lowest BCUT2D eigenvalue weighted by Crippen LogP contribution is -2.48. The van der Waals surface area contributed by atoms with E-state index < -0.39 is 0 Å². The first-order valence-corrected chi connectivity index (χ1v) is 10.1. The van der Waals surface area contributed by atoms with Gasteiger partial charge in [-0.05, 0) is 17.7 Å². The summed E-state index contributed by atoms with van der Waals surface area (Å²) in [5, 5.41) is 0. The van der Waals surface area contributed by atoms with Crippen molar-refractivity contribution in [1.29, 1.82) is 0 Å². The topological polar surface area (TPSA) is 66.0 Å². The maximum absolute atomic E-state index is 12.9. The minimum atomic E-state index is -0.110. The van der Waals surface area contributed by atoms with E-state index in [1.165, 1.54) is 5.56 Å². The van der Waals surface area contributed by atoms with Crippen LogP contribution in [0.15, 0.2) is 48.7 Å². The SMILES string of the molecule is O=C(c1ccnc(C(=O)N2CCN(Cc3ccccc3)CC2)c1)N1CCOCC1. The Bertz CT molecular complexity index is 844. The second-order valence-electron chi connectivity index (χ2n) is 7.39. The molecule has 0 unspecified atom stereocenters. The summed E-state index contributed by atoms with van der Waals surface area (Å²) in [6.07, 6.45) is 1.55. The van der Waals surface area contributed by atoms with Crippen LogP contribution in [0.1, 0.15) is 26.4 Å². The number of aromatic nitrogens is 1. The number of amides is 2. The number of rotatable bonds is 4. The number of hydrogen-bond donors (Lipinski definition) is 0. The summed E-state index contributed by atoms with van der Waals surface area (Å²) in [6.45, 7) is 6.13. The fourth-order valence-corrected chi connectivity index (χ4v) is 3.74. The van der Waals surface area contributed by atoms with Gasteiger partial charge in [0.2, 0.25) is 0 Å². The molecule has 1 aromatic heterocycles. The molecule has 0 radical (unpaired) electrons. The number of ether oxygens (including phenoxy) is 1. The smallest absolute Gasteiger partial charge is 0.272 e. The number of pyridine rings is 1. The van der Waals surface area contributed by atoms with E-state index in [4.69, 9.17) is 4.74 Å². The Labute approximate surface area is 170 Å². The molecule has 7 nitrogen and oxygen atoms in total. The Morgan fingerprint density at radius 2 is 1.55 bits per heavy atom. The van der Waals surface area contributed by atoms with Crippen LogP contribution in [-0.2, 0) is 11.3 Å². The van der Waals surface area contributed by atoms with Crippen molar-refractivity contribution in [2.45, 2.75) is 6.54 Å². The molecular weight excluding hydrogens is 368 g/mol. The van der Waals surface area contributed by atoms with Gasteiger partial charge in [0.1, 0.15) is 5.69 Å². The van der Waals surface area contributed by atoms with Crippen molar-refractivity contribution in [1.82, 2.24) is 19.7 Å². The first-order valence-electron chi connectivity index (χ1n) is 10.1. The summed E-state index contributed by atoms with van der Waals surface area (Å²) >= 11 is 0. The highest BCUT2D eigenvalue weighted by atomic mass is 16.5. The number of hydrogen-bond acceptors (Lipinski definition) is 5. The molecule has 3 heterocycles. The van der Waals surface area contributed by atoms with Gasteiger partial charge in [-0.15, -0.1) is 0 Å². The summed E-state index contributed by atoms with van der Waals surface area (Å²) in [5.41, 5.74) is 2.12. The van der Waals surface area contributed by atoms with Crippen LogP contribution < -0.4 is 0 Å². The van der Waals surface area contributed by atoms with Gasteiger partial charge in [0.25, 0.3) is 11.8 Å². The van der Waals surface area contributed by atoms with Crippen LogP contribution in [0.4, 0.5) is 0 Å². The van der Waals surface area contributed by atoms with Crippen LogP contribution in [-0.4, -0.2) is 84.0 Å². The quantitative estimate of drug-likeness (QED) is 0.787. The van der Waals surface area contributed by atoms with E-state index in [1.807, 2.05) is 23.1 Å². The zero-order valence-electron chi connectivity index (χ0n) is 16.5. The summed E-state index contributed by atoms with van der Waals surface area (Å²) in [6, 6.07) is 13.7. The van der Waals surface area contributed by atoms with Gasteiger partial charge in [0.15, 0.2) is 0 Å². The van der Waals surface area contributed by atoms with E-state index in [0.29, 0.717) is 50.7 Å². The van der Waals surface area contributed by atoms with Gasteiger partial charge in [-0.1, -0.05) is 30.3 Å². The van der Waals surface area contributed by atoms with Crippen LogP contribution in [0, 0.1) is 0 Å². The van der Waals surface area contributed by atoms with Crippen LogP contribution in [0.25, 0.3) is 0 Å². The highest BCUT2D eigenvalue weighted by molar-refractivity contribution is 5.98. The van der Waals surface area contributed by atoms with Crippen molar-refractivity contribution in [2.75, 3.05) is 52.5 Å². The Hall–Kier alpha value is -2.77. The summed E-state index contributed by atoms with van der Waals surface area (Å²) in [7, 11) is 0. The molecule has 7 heteroatoms. The Kier molecular flexibility index (Phi) is 6.17. The predicted molar refractivity (Wildman–Crippen MR) is 109 cm³/mol. The van der Waals surface area contributed by atoms with E-state index in [9.17, 15) is 9.59 Å². The number of piperazine rings is 1. The maximum Gasteiger partial charge on any atom is 0.272 e. The first-order chi connectivity index (χ1) is 14.2. The molecule has 2 aromatic rings. The Morgan fingerprint density at radius 3 is 2.28 bits per heavy atom. The minimum absolute atomic E-state index is 0.0718. The molecule has 0 N–H and O–H groups in total. The molecule has 0 aliphatic carbocycles. The fraction of sp³-hybridized carbons (Fsp3) is 0.409. The second kappa shape index (κ2) is 9.15. The average molecular weight is 394 g/mol. The van der Waals surface area contributed by atoms with Gasteiger partial charge in [-0.3, -0.25) is 19.5 Å². The molecule has 0 bridgehead atoms. The number of carbonyl (C=O) groups is 2. The lowest BCUT2D eigenvalue weighted by Gasteiger charge is -2.34. The molecular formula is C22H26N4O3. The van der Waals surface area contributed by atoms with E-state index in [1.54, 1.807) is 23.2 Å². The molecule has 2 amide bonds. The van der Waals surface area contributed by atoms with Crippen LogP contribution in [0.5, 0.6) is 0 Å². The molecule has 2 aliphatic heterocycles. The van der Waals surface area contributed by atoms with E-state index in [2.05, 4.69) is 22.0 Å².